The van der Waals surface area contributed by atoms with Gasteiger partial charge in [0.2, 0.25) is 0 Å². The predicted octanol–water partition coefficient (Wildman–Crippen LogP) is 3.57. The first-order chi connectivity index (χ1) is 8.19. The zero-order valence-electron chi connectivity index (χ0n) is 8.77. The van der Waals surface area contributed by atoms with E-state index >= 15 is 0 Å². The molecule has 1 rings (SSSR count). The Morgan fingerprint density at radius 2 is 2.41 bits per heavy atom. The highest BCUT2D eigenvalue weighted by Gasteiger charge is 2.13. The number of nitrogens with zero attached hydrogens (tertiary/aromatic N) is 4. The molecule has 7 heteroatoms. The average Bonchev–Trinajstić information content (AvgIpc) is 2.31. The van der Waals surface area contributed by atoms with Gasteiger partial charge < -0.3 is 0 Å². The minimum Gasteiger partial charge on any atom is -0.298 e. The number of nitrogens with one attached hydrogen (secondary N) is 1. The van der Waals surface area contributed by atoms with Crippen molar-refractivity contribution in [1.82, 2.24) is 5.32 Å². The summed E-state index contributed by atoms with van der Waals surface area (Å²) in [5.41, 5.74) is 8.83. The maximum Gasteiger partial charge on any atom is 0.122 e. The van der Waals surface area contributed by atoms with E-state index < -0.39 is 6.04 Å². The minimum atomic E-state index is -0.510. The lowest BCUT2D eigenvalue weighted by atomic mass is 10.1. The molecule has 0 aliphatic carbocycles. The van der Waals surface area contributed by atoms with Gasteiger partial charge in [-0.2, -0.15) is 5.26 Å². The largest absolute Gasteiger partial charge is 0.298 e. The van der Waals surface area contributed by atoms with Gasteiger partial charge >= 0.3 is 0 Å². The topological polar surface area (TPSA) is 84.6 Å². The highest BCUT2D eigenvalue weighted by molar-refractivity contribution is 9.10. The predicted molar refractivity (Wildman–Crippen MR) is 69.5 cm³/mol. The van der Waals surface area contributed by atoms with Crippen molar-refractivity contribution >= 4 is 27.5 Å². The molecule has 1 atom stereocenters. The molecule has 0 saturated heterocycles. The molecule has 0 aliphatic heterocycles. The normalized spacial score (nSPS) is 11.4. The Morgan fingerprint density at radius 1 is 1.65 bits per heavy atom. The van der Waals surface area contributed by atoms with Crippen molar-refractivity contribution in [3.63, 3.8) is 0 Å². The molecule has 1 aromatic rings. The van der Waals surface area contributed by atoms with Gasteiger partial charge in [-0.05, 0) is 17.7 Å². The summed E-state index contributed by atoms with van der Waals surface area (Å²) < 4.78 is 0.858. The molecule has 1 unspecified atom stereocenters. The molecule has 17 heavy (non-hydrogen) atoms. The fraction of sp³-hybridized carbons (Fsp3) is 0.300. The molecule has 0 heterocycles. The number of azide groups is 1. The van der Waals surface area contributed by atoms with Crippen LogP contribution in [0.15, 0.2) is 27.8 Å². The van der Waals surface area contributed by atoms with Gasteiger partial charge in [0.25, 0.3) is 0 Å². The van der Waals surface area contributed by atoms with E-state index in [-0.39, 0.29) is 0 Å². The highest BCUT2D eigenvalue weighted by Crippen LogP contribution is 2.26. The van der Waals surface area contributed by atoms with Gasteiger partial charge in [-0.1, -0.05) is 38.7 Å². The monoisotopic (exact) mass is 313 g/mol. The average molecular weight is 315 g/mol. The SMILES string of the molecule is N#CC(NCCN=[N+]=[N-])c1ccc(Br)cc1Cl. The molecule has 88 valence electrons. The van der Waals surface area contributed by atoms with Crippen LogP contribution in [-0.4, -0.2) is 13.1 Å². The second-order valence-corrected chi connectivity index (χ2v) is 4.46. The molecular formula is C10H9BrClN5. The lowest BCUT2D eigenvalue weighted by Crippen LogP contribution is -2.23. The summed E-state index contributed by atoms with van der Waals surface area (Å²) in [6.45, 7) is 0.720. The third-order valence-electron chi connectivity index (χ3n) is 2.03. The van der Waals surface area contributed by atoms with Crippen molar-refractivity contribution in [3.05, 3.63) is 43.7 Å². The van der Waals surface area contributed by atoms with E-state index in [0.717, 1.165) is 4.47 Å². The maximum absolute atomic E-state index is 9.04. The quantitative estimate of drug-likeness (QED) is 0.390. The minimum absolute atomic E-state index is 0.294. The van der Waals surface area contributed by atoms with Gasteiger partial charge in [0.05, 0.1) is 6.07 Å². The number of halogens is 2. The Kier molecular flexibility index (Phi) is 5.81. The van der Waals surface area contributed by atoms with Gasteiger partial charge in [0.15, 0.2) is 0 Å². The first kappa shape index (κ1) is 13.8. The third-order valence-corrected chi connectivity index (χ3v) is 2.85. The molecule has 0 saturated carbocycles. The summed E-state index contributed by atoms with van der Waals surface area (Å²) in [5, 5.41) is 15.9. The van der Waals surface area contributed by atoms with Crippen LogP contribution < -0.4 is 5.32 Å². The Bertz CT molecular complexity index is 478. The molecule has 0 spiro atoms. The summed E-state index contributed by atoms with van der Waals surface area (Å²) in [5.74, 6) is 0. The first-order valence-corrected chi connectivity index (χ1v) is 5.95. The third kappa shape index (κ3) is 4.25. The summed E-state index contributed by atoms with van der Waals surface area (Å²) in [6.07, 6.45) is 0. The van der Waals surface area contributed by atoms with Crippen molar-refractivity contribution in [1.29, 1.82) is 5.26 Å². The maximum atomic E-state index is 9.04. The highest BCUT2D eigenvalue weighted by atomic mass is 79.9. The van der Waals surface area contributed by atoms with E-state index in [9.17, 15) is 0 Å². The summed E-state index contributed by atoms with van der Waals surface area (Å²) in [6, 6.07) is 6.93. The number of benzene rings is 1. The van der Waals surface area contributed by atoms with E-state index in [1.54, 1.807) is 12.1 Å². The van der Waals surface area contributed by atoms with Crippen LogP contribution in [-0.2, 0) is 0 Å². The first-order valence-electron chi connectivity index (χ1n) is 4.78. The van der Waals surface area contributed by atoms with E-state index in [4.69, 9.17) is 22.4 Å². The Hall–Kier alpha value is -1.25. The van der Waals surface area contributed by atoms with Gasteiger partial charge in [-0.25, -0.2) is 0 Å². The fourth-order valence-corrected chi connectivity index (χ4v) is 2.05. The van der Waals surface area contributed by atoms with Crippen LogP contribution in [0, 0.1) is 11.3 Å². The molecule has 0 radical (unpaired) electrons. The molecule has 0 amide bonds. The second-order valence-electron chi connectivity index (χ2n) is 3.14. The number of hydrogen-bond acceptors (Lipinski definition) is 3. The number of rotatable bonds is 5. The van der Waals surface area contributed by atoms with Gasteiger partial charge in [0, 0.05) is 33.1 Å². The molecule has 0 fully saturated rings. The Balaban J connectivity index is 2.73. The van der Waals surface area contributed by atoms with Crippen LogP contribution in [0.1, 0.15) is 11.6 Å². The number of nitriles is 1. The lowest BCUT2D eigenvalue weighted by Gasteiger charge is -2.12. The molecule has 5 nitrogen and oxygen atoms in total. The Morgan fingerprint density at radius 3 is 3.00 bits per heavy atom. The van der Waals surface area contributed by atoms with Crippen molar-refractivity contribution < 1.29 is 0 Å². The van der Waals surface area contributed by atoms with Crippen LogP contribution in [0.25, 0.3) is 10.4 Å². The van der Waals surface area contributed by atoms with Crippen molar-refractivity contribution in [2.24, 2.45) is 5.11 Å². The summed E-state index contributed by atoms with van der Waals surface area (Å²) >= 11 is 9.34. The van der Waals surface area contributed by atoms with Crippen molar-refractivity contribution in [2.75, 3.05) is 13.1 Å². The van der Waals surface area contributed by atoms with Gasteiger partial charge in [-0.3, -0.25) is 5.32 Å². The molecule has 0 bridgehead atoms. The zero-order valence-corrected chi connectivity index (χ0v) is 11.1. The molecule has 0 aromatic heterocycles. The van der Waals surface area contributed by atoms with Gasteiger partial charge in [-0.15, -0.1) is 0 Å². The van der Waals surface area contributed by atoms with Crippen LogP contribution in [0.2, 0.25) is 5.02 Å². The molecule has 1 N–H and O–H groups in total. The van der Waals surface area contributed by atoms with Crippen LogP contribution >= 0.6 is 27.5 Å². The molecule has 0 aliphatic rings. The smallest absolute Gasteiger partial charge is 0.122 e. The van der Waals surface area contributed by atoms with Crippen LogP contribution in [0.3, 0.4) is 0 Å². The van der Waals surface area contributed by atoms with Crippen molar-refractivity contribution in [2.45, 2.75) is 6.04 Å². The van der Waals surface area contributed by atoms with Crippen LogP contribution in [0.4, 0.5) is 0 Å². The van der Waals surface area contributed by atoms with E-state index in [2.05, 4.69) is 37.3 Å². The lowest BCUT2D eigenvalue weighted by molar-refractivity contribution is 0.635. The molecular weight excluding hydrogens is 306 g/mol. The van der Waals surface area contributed by atoms with E-state index in [0.29, 0.717) is 23.7 Å². The number of hydrogen-bond donors (Lipinski definition) is 1. The van der Waals surface area contributed by atoms with Crippen LogP contribution in [0.5, 0.6) is 0 Å². The Labute approximate surface area is 112 Å². The standard InChI is InChI=1S/C10H9BrClN5/c11-7-1-2-8(9(12)5-7)10(6-13)15-3-4-16-17-14/h1-2,5,10,15H,3-4H2. The second kappa shape index (κ2) is 7.15. The van der Waals surface area contributed by atoms with E-state index in [1.807, 2.05) is 6.07 Å². The molecule has 1 aromatic carbocycles. The van der Waals surface area contributed by atoms with Crippen molar-refractivity contribution in [3.8, 4) is 6.07 Å². The van der Waals surface area contributed by atoms with E-state index in [1.165, 1.54) is 0 Å². The zero-order chi connectivity index (χ0) is 12.7. The van der Waals surface area contributed by atoms with Gasteiger partial charge in [0.1, 0.15) is 6.04 Å². The fourth-order valence-electron chi connectivity index (χ4n) is 1.26. The summed E-state index contributed by atoms with van der Waals surface area (Å²) in [4.78, 5) is 2.63. The summed E-state index contributed by atoms with van der Waals surface area (Å²) in [7, 11) is 0.